The van der Waals surface area contributed by atoms with Crippen molar-refractivity contribution in [3.05, 3.63) is 90.1 Å². The van der Waals surface area contributed by atoms with Crippen LogP contribution in [0.15, 0.2) is 84.4 Å². The van der Waals surface area contributed by atoms with Crippen LogP contribution in [0.25, 0.3) is 33.4 Å². The zero-order valence-corrected chi connectivity index (χ0v) is 16.1. The SMILES string of the molecule is O=C(Nc1nccs1)c1[nH]c(-c2cccc3ccccc23)nc1-c1ccccc1. The first kappa shape index (κ1) is 17.3. The molecule has 0 spiro atoms. The number of hydrogen-bond acceptors (Lipinski definition) is 4. The molecule has 0 unspecified atom stereocenters. The minimum absolute atomic E-state index is 0.266. The molecule has 0 fully saturated rings. The first-order valence-corrected chi connectivity index (χ1v) is 10.0. The van der Waals surface area contributed by atoms with Crippen molar-refractivity contribution in [3.8, 4) is 22.6 Å². The average Bonchev–Trinajstić information content (AvgIpc) is 3.44. The average molecular weight is 396 g/mol. The minimum atomic E-state index is -0.266. The third-order valence-electron chi connectivity index (χ3n) is 4.68. The number of rotatable bonds is 4. The standard InChI is InChI=1S/C23H16N4OS/c28-22(27-23-24-13-14-29-23)20-19(16-8-2-1-3-9-16)25-21(26-20)18-12-6-10-15-7-4-5-11-17(15)18/h1-14H,(H,25,26)(H,24,27,28). The highest BCUT2D eigenvalue weighted by Crippen LogP contribution is 2.31. The van der Waals surface area contributed by atoms with Gasteiger partial charge in [-0.1, -0.05) is 72.8 Å². The number of carbonyl (C=O) groups is 1. The van der Waals surface area contributed by atoms with E-state index in [1.54, 1.807) is 6.20 Å². The van der Waals surface area contributed by atoms with Gasteiger partial charge in [0.1, 0.15) is 17.2 Å². The molecule has 5 aromatic rings. The monoisotopic (exact) mass is 396 g/mol. The maximum absolute atomic E-state index is 13.0. The predicted octanol–water partition coefficient (Wildman–Crippen LogP) is 5.61. The van der Waals surface area contributed by atoms with Gasteiger partial charge < -0.3 is 4.98 Å². The van der Waals surface area contributed by atoms with Gasteiger partial charge in [0, 0.05) is 22.7 Å². The van der Waals surface area contributed by atoms with Crippen LogP contribution in [0.4, 0.5) is 5.13 Å². The normalized spacial score (nSPS) is 10.9. The van der Waals surface area contributed by atoms with E-state index in [2.05, 4.69) is 33.5 Å². The Labute approximate surface area is 171 Å². The largest absolute Gasteiger partial charge is 0.333 e. The highest BCUT2D eigenvalue weighted by Gasteiger charge is 2.21. The Kier molecular flexibility index (Phi) is 4.38. The maximum Gasteiger partial charge on any atom is 0.276 e. The van der Waals surface area contributed by atoms with Crippen LogP contribution in [0, 0.1) is 0 Å². The molecule has 0 atom stereocenters. The molecule has 0 aliphatic carbocycles. The summed E-state index contributed by atoms with van der Waals surface area (Å²) in [5.41, 5.74) is 2.85. The number of fused-ring (bicyclic) bond motifs is 1. The van der Waals surface area contributed by atoms with Gasteiger partial charge >= 0.3 is 0 Å². The molecule has 0 saturated heterocycles. The van der Waals surface area contributed by atoms with Gasteiger partial charge in [-0.25, -0.2) is 9.97 Å². The van der Waals surface area contributed by atoms with E-state index in [9.17, 15) is 4.79 Å². The van der Waals surface area contributed by atoms with Gasteiger partial charge in [0.2, 0.25) is 0 Å². The number of amides is 1. The number of anilines is 1. The second kappa shape index (κ2) is 7.33. The lowest BCUT2D eigenvalue weighted by Gasteiger charge is -2.03. The number of hydrogen-bond donors (Lipinski definition) is 2. The number of H-pyrrole nitrogens is 1. The molecule has 5 nitrogen and oxygen atoms in total. The van der Waals surface area contributed by atoms with Crippen LogP contribution < -0.4 is 5.32 Å². The second-order valence-corrected chi connectivity index (χ2v) is 7.39. The van der Waals surface area contributed by atoms with Crippen molar-refractivity contribution >= 4 is 33.1 Å². The Balaban J connectivity index is 1.66. The third-order valence-corrected chi connectivity index (χ3v) is 5.36. The number of imidazole rings is 1. The summed E-state index contributed by atoms with van der Waals surface area (Å²) < 4.78 is 0. The Morgan fingerprint density at radius 3 is 2.55 bits per heavy atom. The fraction of sp³-hybridized carbons (Fsp3) is 0. The number of nitrogens with zero attached hydrogens (tertiary/aromatic N) is 2. The Hall–Kier alpha value is -3.77. The van der Waals surface area contributed by atoms with E-state index >= 15 is 0 Å². The summed E-state index contributed by atoms with van der Waals surface area (Å²) in [4.78, 5) is 25.2. The minimum Gasteiger partial charge on any atom is -0.333 e. The van der Waals surface area contributed by atoms with Crippen molar-refractivity contribution < 1.29 is 4.79 Å². The van der Waals surface area contributed by atoms with Crippen molar-refractivity contribution in [1.82, 2.24) is 15.0 Å². The summed E-state index contributed by atoms with van der Waals surface area (Å²) in [6.45, 7) is 0. The molecule has 2 heterocycles. The van der Waals surface area contributed by atoms with Gasteiger partial charge in [-0.05, 0) is 10.8 Å². The summed E-state index contributed by atoms with van der Waals surface area (Å²) in [5, 5.41) is 7.42. The lowest BCUT2D eigenvalue weighted by Crippen LogP contribution is -2.13. The van der Waals surface area contributed by atoms with Crippen molar-refractivity contribution in [2.75, 3.05) is 5.32 Å². The Bertz CT molecular complexity index is 1290. The molecule has 0 bridgehead atoms. The molecule has 1 amide bonds. The summed E-state index contributed by atoms with van der Waals surface area (Å²) >= 11 is 1.38. The van der Waals surface area contributed by atoms with E-state index in [4.69, 9.17) is 4.98 Å². The molecule has 0 saturated carbocycles. The van der Waals surface area contributed by atoms with Crippen molar-refractivity contribution in [2.24, 2.45) is 0 Å². The van der Waals surface area contributed by atoms with Gasteiger partial charge in [0.25, 0.3) is 5.91 Å². The molecule has 2 aromatic heterocycles. The van der Waals surface area contributed by atoms with Crippen LogP contribution in [0.1, 0.15) is 10.5 Å². The summed E-state index contributed by atoms with van der Waals surface area (Å²) in [6.07, 6.45) is 1.66. The van der Waals surface area contributed by atoms with E-state index in [0.717, 1.165) is 21.9 Å². The van der Waals surface area contributed by atoms with Gasteiger partial charge in [-0.15, -0.1) is 11.3 Å². The number of benzene rings is 3. The van der Waals surface area contributed by atoms with Gasteiger partial charge in [-0.3, -0.25) is 10.1 Å². The molecule has 0 radical (unpaired) electrons. The van der Waals surface area contributed by atoms with Crippen LogP contribution in [-0.2, 0) is 0 Å². The van der Waals surface area contributed by atoms with Crippen LogP contribution in [0.3, 0.4) is 0 Å². The molecule has 140 valence electrons. The molecule has 6 heteroatoms. The molecule has 29 heavy (non-hydrogen) atoms. The first-order chi connectivity index (χ1) is 14.3. The van der Waals surface area contributed by atoms with Crippen LogP contribution in [0.5, 0.6) is 0 Å². The smallest absolute Gasteiger partial charge is 0.276 e. The predicted molar refractivity (Wildman–Crippen MR) is 117 cm³/mol. The van der Waals surface area contributed by atoms with E-state index in [0.29, 0.717) is 22.3 Å². The van der Waals surface area contributed by atoms with Crippen molar-refractivity contribution in [1.29, 1.82) is 0 Å². The van der Waals surface area contributed by atoms with Crippen LogP contribution >= 0.6 is 11.3 Å². The fourth-order valence-electron chi connectivity index (χ4n) is 3.35. The third kappa shape index (κ3) is 3.30. The number of thiazole rings is 1. The molecule has 3 aromatic carbocycles. The Morgan fingerprint density at radius 2 is 1.72 bits per heavy atom. The number of aromatic nitrogens is 3. The number of nitrogens with one attached hydrogen (secondary N) is 2. The molecule has 2 N–H and O–H groups in total. The van der Waals surface area contributed by atoms with Gasteiger partial charge in [0.05, 0.1) is 0 Å². The van der Waals surface area contributed by atoms with E-state index in [1.807, 2.05) is 60.0 Å². The highest BCUT2D eigenvalue weighted by atomic mass is 32.1. The van der Waals surface area contributed by atoms with Crippen molar-refractivity contribution in [3.63, 3.8) is 0 Å². The lowest BCUT2D eigenvalue weighted by atomic mass is 10.0. The maximum atomic E-state index is 13.0. The molecular weight excluding hydrogens is 380 g/mol. The zero-order valence-electron chi connectivity index (χ0n) is 15.3. The van der Waals surface area contributed by atoms with Crippen LogP contribution in [-0.4, -0.2) is 20.9 Å². The van der Waals surface area contributed by atoms with Gasteiger partial charge in [-0.2, -0.15) is 0 Å². The summed E-state index contributed by atoms with van der Waals surface area (Å²) in [7, 11) is 0. The zero-order chi connectivity index (χ0) is 19.6. The highest BCUT2D eigenvalue weighted by molar-refractivity contribution is 7.13. The quantitative estimate of drug-likeness (QED) is 0.415. The summed E-state index contributed by atoms with van der Waals surface area (Å²) in [5.74, 6) is 0.391. The second-order valence-electron chi connectivity index (χ2n) is 6.49. The topological polar surface area (TPSA) is 70.7 Å². The van der Waals surface area contributed by atoms with Crippen molar-refractivity contribution in [2.45, 2.75) is 0 Å². The van der Waals surface area contributed by atoms with E-state index in [1.165, 1.54) is 11.3 Å². The first-order valence-electron chi connectivity index (χ1n) is 9.14. The van der Waals surface area contributed by atoms with Crippen LogP contribution in [0.2, 0.25) is 0 Å². The van der Waals surface area contributed by atoms with Gasteiger partial charge in [0.15, 0.2) is 5.13 Å². The Morgan fingerprint density at radius 1 is 0.931 bits per heavy atom. The number of aromatic amines is 1. The lowest BCUT2D eigenvalue weighted by molar-refractivity contribution is 0.102. The van der Waals surface area contributed by atoms with E-state index < -0.39 is 0 Å². The molecular formula is C23H16N4OS. The number of carbonyl (C=O) groups excluding carboxylic acids is 1. The summed E-state index contributed by atoms with van der Waals surface area (Å²) in [6, 6.07) is 23.9. The molecule has 5 rings (SSSR count). The van der Waals surface area contributed by atoms with E-state index in [-0.39, 0.29) is 5.91 Å². The molecule has 0 aliphatic rings. The molecule has 0 aliphatic heterocycles. The fourth-order valence-corrected chi connectivity index (χ4v) is 3.87.